The zero-order valence-corrected chi connectivity index (χ0v) is 8.29. The quantitative estimate of drug-likeness (QED) is 0.620. The van der Waals surface area contributed by atoms with E-state index < -0.39 is 0 Å². The molecule has 0 aromatic rings. The van der Waals surface area contributed by atoms with Gasteiger partial charge in [-0.3, -0.25) is 0 Å². The van der Waals surface area contributed by atoms with Gasteiger partial charge in [0.15, 0.2) is 0 Å². The summed E-state index contributed by atoms with van der Waals surface area (Å²) in [6.45, 7) is 4.12. The normalized spacial score (nSPS) is 16.0. The molecular weight excluding hydrogens is 152 g/mol. The lowest BCUT2D eigenvalue weighted by Gasteiger charge is -2.12. The number of hydrogen-bond donors (Lipinski definition) is 2. The van der Waals surface area contributed by atoms with Gasteiger partial charge in [0.05, 0.1) is 12.2 Å². The van der Waals surface area contributed by atoms with Crippen molar-refractivity contribution in [3.63, 3.8) is 0 Å². The van der Waals surface area contributed by atoms with Gasteiger partial charge in [0.2, 0.25) is 0 Å². The summed E-state index contributed by atoms with van der Waals surface area (Å²) in [6, 6.07) is 0. The second kappa shape index (κ2) is 7.56. The summed E-state index contributed by atoms with van der Waals surface area (Å²) in [5.41, 5.74) is 0. The molecule has 0 unspecified atom stereocenters. The molecule has 0 aliphatic carbocycles. The zero-order valence-electron chi connectivity index (χ0n) is 8.29. The third-order valence-corrected chi connectivity index (χ3v) is 2.08. The van der Waals surface area contributed by atoms with E-state index in [0.717, 1.165) is 38.5 Å². The SMILES string of the molecule is CCC[C@@H](O)CC[C@@H](O)CCC. The third-order valence-electron chi connectivity index (χ3n) is 2.08. The number of aliphatic hydroxyl groups is 2. The van der Waals surface area contributed by atoms with Crippen LogP contribution in [-0.2, 0) is 0 Å². The number of aliphatic hydroxyl groups excluding tert-OH is 2. The first kappa shape index (κ1) is 11.9. The molecule has 0 saturated carbocycles. The van der Waals surface area contributed by atoms with Gasteiger partial charge in [0.1, 0.15) is 0 Å². The lowest BCUT2D eigenvalue weighted by atomic mass is 10.0. The predicted molar refractivity (Wildman–Crippen MR) is 51.1 cm³/mol. The van der Waals surface area contributed by atoms with Crippen LogP contribution in [0, 0.1) is 0 Å². The smallest absolute Gasteiger partial charge is 0.0541 e. The fraction of sp³-hybridized carbons (Fsp3) is 1.00. The maximum Gasteiger partial charge on any atom is 0.0541 e. The maximum atomic E-state index is 9.36. The molecule has 2 nitrogen and oxygen atoms in total. The minimum Gasteiger partial charge on any atom is -0.393 e. The summed E-state index contributed by atoms with van der Waals surface area (Å²) in [4.78, 5) is 0. The summed E-state index contributed by atoms with van der Waals surface area (Å²) >= 11 is 0. The van der Waals surface area contributed by atoms with Crippen molar-refractivity contribution in [2.24, 2.45) is 0 Å². The van der Waals surface area contributed by atoms with Crippen molar-refractivity contribution in [2.75, 3.05) is 0 Å². The molecule has 0 aromatic heterocycles. The lowest BCUT2D eigenvalue weighted by Crippen LogP contribution is -2.12. The van der Waals surface area contributed by atoms with Crippen molar-refractivity contribution in [1.82, 2.24) is 0 Å². The second-order valence-corrected chi connectivity index (χ2v) is 3.46. The minimum absolute atomic E-state index is 0.207. The van der Waals surface area contributed by atoms with E-state index in [9.17, 15) is 10.2 Å². The van der Waals surface area contributed by atoms with Crippen LogP contribution in [0.5, 0.6) is 0 Å². The number of rotatable bonds is 7. The Morgan fingerprint density at radius 3 is 1.33 bits per heavy atom. The van der Waals surface area contributed by atoms with Gasteiger partial charge in [-0.05, 0) is 25.7 Å². The van der Waals surface area contributed by atoms with E-state index in [4.69, 9.17) is 0 Å². The average molecular weight is 174 g/mol. The van der Waals surface area contributed by atoms with Gasteiger partial charge in [-0.1, -0.05) is 26.7 Å². The summed E-state index contributed by atoms with van der Waals surface area (Å²) < 4.78 is 0. The van der Waals surface area contributed by atoms with Gasteiger partial charge in [0.25, 0.3) is 0 Å². The van der Waals surface area contributed by atoms with Crippen LogP contribution in [-0.4, -0.2) is 22.4 Å². The van der Waals surface area contributed by atoms with Crippen LogP contribution in [0.3, 0.4) is 0 Å². The van der Waals surface area contributed by atoms with Crippen molar-refractivity contribution in [3.8, 4) is 0 Å². The molecular formula is C10H22O2. The molecule has 0 aliphatic heterocycles. The first-order chi connectivity index (χ1) is 5.70. The Kier molecular flexibility index (Phi) is 7.51. The highest BCUT2D eigenvalue weighted by Crippen LogP contribution is 2.09. The van der Waals surface area contributed by atoms with Crippen LogP contribution in [0.4, 0.5) is 0 Å². The Hall–Kier alpha value is -0.0800. The van der Waals surface area contributed by atoms with Gasteiger partial charge >= 0.3 is 0 Å². The minimum atomic E-state index is -0.207. The van der Waals surface area contributed by atoms with Gasteiger partial charge in [-0.15, -0.1) is 0 Å². The highest BCUT2D eigenvalue weighted by Gasteiger charge is 2.07. The monoisotopic (exact) mass is 174 g/mol. The van der Waals surface area contributed by atoms with Crippen LogP contribution in [0.15, 0.2) is 0 Å². The number of hydrogen-bond acceptors (Lipinski definition) is 2. The summed E-state index contributed by atoms with van der Waals surface area (Å²) in [5.74, 6) is 0. The summed E-state index contributed by atoms with van der Waals surface area (Å²) in [6.07, 6.45) is 4.83. The standard InChI is InChI=1S/C10H22O2/c1-3-5-9(11)7-8-10(12)6-4-2/h9-12H,3-8H2,1-2H3/t9-,10+. The third kappa shape index (κ3) is 6.62. The molecule has 0 radical (unpaired) electrons. The molecule has 0 aromatic carbocycles. The molecule has 0 amide bonds. The summed E-state index contributed by atoms with van der Waals surface area (Å²) in [5, 5.41) is 18.7. The molecule has 0 aliphatic rings. The molecule has 74 valence electrons. The van der Waals surface area contributed by atoms with Crippen molar-refractivity contribution >= 4 is 0 Å². The van der Waals surface area contributed by atoms with Gasteiger partial charge in [-0.25, -0.2) is 0 Å². The Morgan fingerprint density at radius 1 is 0.750 bits per heavy atom. The van der Waals surface area contributed by atoms with Crippen molar-refractivity contribution < 1.29 is 10.2 Å². The van der Waals surface area contributed by atoms with Crippen LogP contribution >= 0.6 is 0 Å². The van der Waals surface area contributed by atoms with Gasteiger partial charge in [-0.2, -0.15) is 0 Å². The van der Waals surface area contributed by atoms with Crippen molar-refractivity contribution in [2.45, 2.75) is 64.6 Å². The van der Waals surface area contributed by atoms with Gasteiger partial charge in [0, 0.05) is 0 Å². The predicted octanol–water partition coefficient (Wildman–Crippen LogP) is 2.09. The highest BCUT2D eigenvalue weighted by atomic mass is 16.3. The molecule has 0 heterocycles. The van der Waals surface area contributed by atoms with E-state index in [-0.39, 0.29) is 12.2 Å². The van der Waals surface area contributed by atoms with Crippen LogP contribution < -0.4 is 0 Å². The fourth-order valence-electron chi connectivity index (χ4n) is 1.34. The van der Waals surface area contributed by atoms with E-state index in [1.807, 2.05) is 0 Å². The zero-order chi connectivity index (χ0) is 9.40. The summed E-state index contributed by atoms with van der Waals surface area (Å²) in [7, 11) is 0. The molecule has 0 spiro atoms. The Balaban J connectivity index is 3.27. The molecule has 12 heavy (non-hydrogen) atoms. The topological polar surface area (TPSA) is 40.5 Å². The van der Waals surface area contributed by atoms with Crippen LogP contribution in [0.1, 0.15) is 52.4 Å². The first-order valence-electron chi connectivity index (χ1n) is 5.06. The van der Waals surface area contributed by atoms with E-state index in [1.54, 1.807) is 0 Å². The fourth-order valence-corrected chi connectivity index (χ4v) is 1.34. The molecule has 0 fully saturated rings. The lowest BCUT2D eigenvalue weighted by molar-refractivity contribution is 0.103. The Bertz CT molecular complexity index is 81.8. The van der Waals surface area contributed by atoms with Gasteiger partial charge < -0.3 is 10.2 Å². The maximum absolute atomic E-state index is 9.36. The van der Waals surface area contributed by atoms with Crippen LogP contribution in [0.25, 0.3) is 0 Å². The molecule has 0 saturated heterocycles. The molecule has 0 bridgehead atoms. The van der Waals surface area contributed by atoms with Crippen LogP contribution in [0.2, 0.25) is 0 Å². The van der Waals surface area contributed by atoms with E-state index in [2.05, 4.69) is 13.8 Å². The van der Waals surface area contributed by atoms with Crippen molar-refractivity contribution in [3.05, 3.63) is 0 Å². The van der Waals surface area contributed by atoms with E-state index >= 15 is 0 Å². The second-order valence-electron chi connectivity index (χ2n) is 3.46. The van der Waals surface area contributed by atoms with E-state index in [1.165, 1.54) is 0 Å². The molecule has 0 rings (SSSR count). The molecule has 2 heteroatoms. The molecule has 2 N–H and O–H groups in total. The van der Waals surface area contributed by atoms with E-state index in [0.29, 0.717) is 0 Å². The Labute approximate surface area is 75.6 Å². The average Bonchev–Trinajstić information content (AvgIpc) is 2.02. The Morgan fingerprint density at radius 2 is 1.08 bits per heavy atom. The van der Waals surface area contributed by atoms with Crippen molar-refractivity contribution in [1.29, 1.82) is 0 Å². The first-order valence-corrected chi connectivity index (χ1v) is 5.06. The highest BCUT2D eigenvalue weighted by molar-refractivity contribution is 4.60. The largest absolute Gasteiger partial charge is 0.393 e. The molecule has 2 atom stereocenters.